The summed E-state index contributed by atoms with van der Waals surface area (Å²) in [5.41, 5.74) is 2.08. The van der Waals surface area contributed by atoms with E-state index >= 15 is 0 Å². The summed E-state index contributed by atoms with van der Waals surface area (Å²) in [5.74, 6) is -0.420. The number of carbonyl (C=O) groups is 1. The molecule has 0 N–H and O–H groups in total. The van der Waals surface area contributed by atoms with E-state index in [0.29, 0.717) is 26.4 Å². The molecule has 132 valence electrons. The van der Waals surface area contributed by atoms with Gasteiger partial charge >= 0.3 is 5.97 Å². The lowest BCUT2D eigenvalue weighted by Gasteiger charge is -2.31. The van der Waals surface area contributed by atoms with Crippen LogP contribution in [0.15, 0.2) is 36.0 Å². The molecule has 0 unspecified atom stereocenters. The van der Waals surface area contributed by atoms with Gasteiger partial charge in [0.25, 0.3) is 0 Å². The Labute approximate surface area is 141 Å². The SMILES string of the molecule is C=CC(=O)OCC(CC)(COCC=C(C)C)COCC=C(C)C. The molecule has 0 spiro atoms. The van der Waals surface area contributed by atoms with Crippen LogP contribution in [0, 0.1) is 5.41 Å². The van der Waals surface area contributed by atoms with Crippen LogP contribution >= 0.6 is 0 Å². The molecule has 0 aliphatic rings. The summed E-state index contributed by atoms with van der Waals surface area (Å²) < 4.78 is 16.8. The lowest BCUT2D eigenvalue weighted by atomic mass is 9.88. The average molecular weight is 324 g/mol. The van der Waals surface area contributed by atoms with E-state index in [1.165, 1.54) is 17.2 Å². The van der Waals surface area contributed by atoms with Crippen molar-refractivity contribution in [3.05, 3.63) is 36.0 Å². The average Bonchev–Trinajstić information content (AvgIpc) is 2.51. The number of hydrogen-bond acceptors (Lipinski definition) is 4. The molecule has 0 rings (SSSR count). The Bertz CT molecular complexity index is 389. The predicted molar refractivity (Wildman–Crippen MR) is 94.4 cm³/mol. The van der Waals surface area contributed by atoms with Crippen LogP contribution in [0.3, 0.4) is 0 Å². The van der Waals surface area contributed by atoms with Gasteiger partial charge < -0.3 is 14.2 Å². The summed E-state index contributed by atoms with van der Waals surface area (Å²) >= 11 is 0. The van der Waals surface area contributed by atoms with Crippen molar-refractivity contribution in [1.29, 1.82) is 0 Å². The normalized spacial score (nSPS) is 10.8. The van der Waals surface area contributed by atoms with E-state index in [4.69, 9.17) is 14.2 Å². The molecule has 23 heavy (non-hydrogen) atoms. The predicted octanol–water partition coefficient (Wildman–Crippen LogP) is 4.08. The zero-order valence-corrected chi connectivity index (χ0v) is 15.3. The Morgan fingerprint density at radius 1 is 0.957 bits per heavy atom. The minimum Gasteiger partial charge on any atom is -0.462 e. The summed E-state index contributed by atoms with van der Waals surface area (Å²) in [5, 5.41) is 0. The summed E-state index contributed by atoms with van der Waals surface area (Å²) in [6, 6.07) is 0. The van der Waals surface area contributed by atoms with Gasteiger partial charge in [-0.2, -0.15) is 0 Å². The van der Waals surface area contributed by atoms with Crippen molar-refractivity contribution in [3.63, 3.8) is 0 Å². The second-order valence-corrected chi connectivity index (χ2v) is 6.26. The Morgan fingerprint density at radius 2 is 1.43 bits per heavy atom. The monoisotopic (exact) mass is 324 g/mol. The molecule has 0 aromatic heterocycles. The molecule has 0 radical (unpaired) electrons. The number of rotatable bonds is 12. The molecule has 4 nitrogen and oxygen atoms in total. The van der Waals surface area contributed by atoms with Crippen molar-refractivity contribution in [2.75, 3.05) is 33.0 Å². The van der Waals surface area contributed by atoms with Gasteiger partial charge in [0, 0.05) is 6.08 Å². The second-order valence-electron chi connectivity index (χ2n) is 6.26. The lowest BCUT2D eigenvalue weighted by Crippen LogP contribution is -2.37. The first kappa shape index (κ1) is 21.6. The van der Waals surface area contributed by atoms with E-state index in [1.807, 2.05) is 39.8 Å². The summed E-state index contributed by atoms with van der Waals surface area (Å²) in [6.45, 7) is 15.9. The van der Waals surface area contributed by atoms with E-state index in [-0.39, 0.29) is 12.0 Å². The highest BCUT2D eigenvalue weighted by Crippen LogP contribution is 2.24. The standard InChI is InChI=1S/C19H32O4/c1-7-18(20)23-15-19(8-2,13-21-11-9-16(3)4)14-22-12-10-17(5)6/h7,9-10H,1,8,11-15H2,2-6H3. The third kappa shape index (κ3) is 10.9. The zero-order valence-electron chi connectivity index (χ0n) is 15.3. The molecule has 0 aromatic carbocycles. The van der Waals surface area contributed by atoms with E-state index in [9.17, 15) is 4.79 Å². The van der Waals surface area contributed by atoms with E-state index in [2.05, 4.69) is 13.5 Å². The fraction of sp³-hybridized carbons (Fsp3) is 0.632. The van der Waals surface area contributed by atoms with Gasteiger partial charge in [0.2, 0.25) is 0 Å². The Kier molecular flexibility index (Phi) is 11.4. The quantitative estimate of drug-likeness (QED) is 0.235. The highest BCUT2D eigenvalue weighted by Gasteiger charge is 2.31. The van der Waals surface area contributed by atoms with Crippen LogP contribution in [0.1, 0.15) is 41.0 Å². The number of hydrogen-bond donors (Lipinski definition) is 0. The summed E-state index contributed by atoms with van der Waals surface area (Å²) in [4.78, 5) is 11.4. The van der Waals surface area contributed by atoms with Crippen LogP contribution < -0.4 is 0 Å². The number of esters is 1. The van der Waals surface area contributed by atoms with Gasteiger partial charge in [-0.3, -0.25) is 0 Å². The molecule has 0 aliphatic carbocycles. The van der Waals surface area contributed by atoms with Crippen LogP contribution in [0.5, 0.6) is 0 Å². The van der Waals surface area contributed by atoms with Crippen molar-refractivity contribution in [2.24, 2.45) is 5.41 Å². The second kappa shape index (κ2) is 12.1. The summed E-state index contributed by atoms with van der Waals surface area (Å²) in [7, 11) is 0. The van der Waals surface area contributed by atoms with Gasteiger partial charge in [0.1, 0.15) is 6.61 Å². The van der Waals surface area contributed by atoms with Gasteiger partial charge in [0.05, 0.1) is 31.8 Å². The van der Waals surface area contributed by atoms with Crippen molar-refractivity contribution in [3.8, 4) is 0 Å². The topological polar surface area (TPSA) is 44.8 Å². The lowest BCUT2D eigenvalue weighted by molar-refractivity contribution is -0.145. The molecule has 0 amide bonds. The minimum atomic E-state index is -0.420. The minimum absolute atomic E-state index is 0.262. The smallest absolute Gasteiger partial charge is 0.330 e. The third-order valence-corrected chi connectivity index (χ3v) is 3.47. The molecule has 0 saturated heterocycles. The Morgan fingerprint density at radius 3 is 1.78 bits per heavy atom. The van der Waals surface area contributed by atoms with E-state index in [1.54, 1.807) is 0 Å². The van der Waals surface area contributed by atoms with E-state index < -0.39 is 5.97 Å². The maximum atomic E-state index is 11.4. The molecule has 0 aromatic rings. The van der Waals surface area contributed by atoms with Crippen LogP contribution in [0.25, 0.3) is 0 Å². The van der Waals surface area contributed by atoms with Gasteiger partial charge in [-0.25, -0.2) is 4.79 Å². The molecular formula is C19H32O4. The summed E-state index contributed by atoms with van der Waals surface area (Å²) in [6.07, 6.45) is 6.02. The molecule has 0 aliphatic heterocycles. The first-order valence-electron chi connectivity index (χ1n) is 8.06. The third-order valence-electron chi connectivity index (χ3n) is 3.47. The highest BCUT2D eigenvalue weighted by atomic mass is 16.5. The van der Waals surface area contributed by atoms with Crippen molar-refractivity contribution >= 4 is 5.97 Å². The van der Waals surface area contributed by atoms with Crippen LogP contribution in [0.4, 0.5) is 0 Å². The Hall–Kier alpha value is -1.39. The fourth-order valence-corrected chi connectivity index (χ4v) is 1.72. The largest absolute Gasteiger partial charge is 0.462 e. The molecule has 0 heterocycles. The van der Waals surface area contributed by atoms with Crippen molar-refractivity contribution < 1.29 is 19.0 Å². The van der Waals surface area contributed by atoms with Crippen LogP contribution in [-0.2, 0) is 19.0 Å². The van der Waals surface area contributed by atoms with Gasteiger partial charge in [0.15, 0.2) is 0 Å². The van der Waals surface area contributed by atoms with Crippen molar-refractivity contribution in [1.82, 2.24) is 0 Å². The molecule has 0 atom stereocenters. The maximum absolute atomic E-state index is 11.4. The van der Waals surface area contributed by atoms with Gasteiger partial charge in [-0.15, -0.1) is 0 Å². The van der Waals surface area contributed by atoms with E-state index in [0.717, 1.165) is 6.42 Å². The molecule has 0 saturated carbocycles. The number of allylic oxidation sites excluding steroid dienone is 2. The van der Waals surface area contributed by atoms with Gasteiger partial charge in [-0.05, 0) is 34.1 Å². The molecule has 0 bridgehead atoms. The van der Waals surface area contributed by atoms with Crippen LogP contribution in [0.2, 0.25) is 0 Å². The fourth-order valence-electron chi connectivity index (χ4n) is 1.72. The molecule has 0 fully saturated rings. The maximum Gasteiger partial charge on any atom is 0.330 e. The zero-order chi connectivity index (χ0) is 17.7. The number of carbonyl (C=O) groups excluding carboxylic acids is 1. The molecular weight excluding hydrogens is 292 g/mol. The van der Waals surface area contributed by atoms with Crippen molar-refractivity contribution in [2.45, 2.75) is 41.0 Å². The Balaban J connectivity index is 4.68. The molecule has 4 heteroatoms. The highest BCUT2D eigenvalue weighted by molar-refractivity contribution is 5.81. The van der Waals surface area contributed by atoms with Gasteiger partial charge in [-0.1, -0.05) is 36.8 Å². The van der Waals surface area contributed by atoms with Crippen LogP contribution in [-0.4, -0.2) is 39.0 Å². The number of ether oxygens (including phenoxy) is 3. The first-order valence-corrected chi connectivity index (χ1v) is 8.06. The first-order chi connectivity index (χ1) is 10.8.